The zero-order valence-corrected chi connectivity index (χ0v) is 11.4. The van der Waals surface area contributed by atoms with Crippen LogP contribution >= 0.6 is 0 Å². The van der Waals surface area contributed by atoms with Crippen LogP contribution in [0.4, 0.5) is 0 Å². The lowest BCUT2D eigenvalue weighted by molar-refractivity contribution is -0.109. The van der Waals surface area contributed by atoms with Gasteiger partial charge < -0.3 is 9.80 Å². The molecule has 0 aliphatic carbocycles. The lowest BCUT2D eigenvalue weighted by atomic mass is 10.0. The fourth-order valence-electron chi connectivity index (χ4n) is 1.46. The van der Waals surface area contributed by atoms with Gasteiger partial charge in [0.1, 0.15) is 0 Å². The van der Waals surface area contributed by atoms with Crippen molar-refractivity contribution < 1.29 is 4.79 Å². The Morgan fingerprint density at radius 3 is 2.11 bits per heavy atom. The van der Waals surface area contributed by atoms with Crippen molar-refractivity contribution >= 4 is 11.4 Å². The van der Waals surface area contributed by atoms with Gasteiger partial charge >= 0.3 is 0 Å². The van der Waals surface area contributed by atoms with Gasteiger partial charge in [0, 0.05) is 52.2 Å². The summed E-state index contributed by atoms with van der Waals surface area (Å²) < 4.78 is 0. The number of rotatable bonds is 5. The predicted molar refractivity (Wildman–Crippen MR) is 75.9 cm³/mol. The molecule has 1 aromatic rings. The topological polar surface area (TPSA) is 23.6 Å². The van der Waals surface area contributed by atoms with Gasteiger partial charge in [-0.3, -0.25) is 4.79 Å². The zero-order valence-electron chi connectivity index (χ0n) is 11.4. The Kier molecular flexibility index (Phi) is 5.18. The van der Waals surface area contributed by atoms with Crippen molar-refractivity contribution in [1.82, 2.24) is 9.80 Å². The molecule has 0 heterocycles. The first kappa shape index (κ1) is 14.0. The number of nitrogens with zero attached hydrogens (tertiary/aromatic N) is 2. The number of benzene rings is 1. The fraction of sp³-hybridized carbons (Fsp3) is 0.267. The first-order valence-electron chi connectivity index (χ1n) is 5.83. The molecular weight excluding hydrogens is 224 g/mol. The summed E-state index contributed by atoms with van der Waals surface area (Å²) >= 11 is 0. The lowest BCUT2D eigenvalue weighted by Crippen LogP contribution is -2.08. The van der Waals surface area contributed by atoms with E-state index >= 15 is 0 Å². The van der Waals surface area contributed by atoms with Crippen LogP contribution in [0.5, 0.6) is 0 Å². The van der Waals surface area contributed by atoms with Gasteiger partial charge in [0.05, 0.1) is 0 Å². The molecule has 0 aliphatic heterocycles. The molecule has 0 bridgehead atoms. The monoisotopic (exact) mass is 244 g/mol. The lowest BCUT2D eigenvalue weighted by Gasteiger charge is -2.10. The molecule has 0 aliphatic rings. The molecule has 1 rings (SSSR count). The number of carbonyl (C=O) groups excluding carboxylic acids is 1. The summed E-state index contributed by atoms with van der Waals surface area (Å²) in [5.41, 5.74) is 1.62. The average molecular weight is 244 g/mol. The Balaban J connectivity index is 3.05. The molecule has 0 unspecified atom stereocenters. The highest BCUT2D eigenvalue weighted by Gasteiger charge is 2.09. The molecule has 0 fully saturated rings. The van der Waals surface area contributed by atoms with Crippen molar-refractivity contribution in [2.45, 2.75) is 0 Å². The summed E-state index contributed by atoms with van der Waals surface area (Å²) in [6.07, 6.45) is 5.19. The van der Waals surface area contributed by atoms with Crippen LogP contribution in [0, 0.1) is 0 Å². The van der Waals surface area contributed by atoms with Crippen LogP contribution in [0.2, 0.25) is 0 Å². The second-order valence-electron chi connectivity index (χ2n) is 4.52. The SMILES string of the molecule is CN(C)/C=C/C(=O)/C(=C/N(C)C)c1ccccc1. The summed E-state index contributed by atoms with van der Waals surface area (Å²) in [4.78, 5) is 15.9. The van der Waals surface area contributed by atoms with E-state index < -0.39 is 0 Å². The van der Waals surface area contributed by atoms with Gasteiger partial charge in [0.15, 0.2) is 5.78 Å². The number of ketones is 1. The third kappa shape index (κ3) is 4.45. The van der Waals surface area contributed by atoms with Gasteiger partial charge in [-0.2, -0.15) is 0 Å². The summed E-state index contributed by atoms with van der Waals surface area (Å²) in [7, 11) is 7.60. The maximum atomic E-state index is 12.2. The molecule has 18 heavy (non-hydrogen) atoms. The maximum absolute atomic E-state index is 12.2. The smallest absolute Gasteiger partial charge is 0.189 e. The second kappa shape index (κ2) is 6.64. The molecule has 0 aromatic heterocycles. The van der Waals surface area contributed by atoms with E-state index in [1.165, 1.54) is 0 Å². The number of carbonyl (C=O) groups is 1. The first-order chi connectivity index (χ1) is 8.50. The number of allylic oxidation sites excluding steroid dienone is 2. The zero-order chi connectivity index (χ0) is 13.5. The van der Waals surface area contributed by atoms with Crippen LogP contribution in [0.25, 0.3) is 5.57 Å². The number of hydrogen-bond donors (Lipinski definition) is 0. The van der Waals surface area contributed by atoms with E-state index in [1.54, 1.807) is 12.3 Å². The highest BCUT2D eigenvalue weighted by molar-refractivity contribution is 6.25. The molecule has 96 valence electrons. The van der Waals surface area contributed by atoms with Crippen molar-refractivity contribution in [2.75, 3.05) is 28.2 Å². The molecular formula is C15H20N2O. The quantitative estimate of drug-likeness (QED) is 0.742. The third-order valence-corrected chi connectivity index (χ3v) is 2.26. The van der Waals surface area contributed by atoms with Gasteiger partial charge in [-0.15, -0.1) is 0 Å². The number of hydrogen-bond acceptors (Lipinski definition) is 3. The molecule has 3 heteroatoms. The van der Waals surface area contributed by atoms with E-state index in [1.807, 2.05) is 74.5 Å². The Hall–Kier alpha value is -2.03. The predicted octanol–water partition coefficient (Wildman–Crippen LogP) is 2.23. The van der Waals surface area contributed by atoms with Crippen molar-refractivity contribution in [1.29, 1.82) is 0 Å². The fourth-order valence-corrected chi connectivity index (χ4v) is 1.46. The van der Waals surface area contributed by atoms with Gasteiger partial charge in [-0.25, -0.2) is 0 Å². The van der Waals surface area contributed by atoms with Gasteiger partial charge in [0.25, 0.3) is 0 Å². The Labute approximate surface area is 109 Å². The van der Waals surface area contributed by atoms with Crippen LogP contribution < -0.4 is 0 Å². The summed E-state index contributed by atoms with van der Waals surface area (Å²) in [5, 5.41) is 0. The van der Waals surface area contributed by atoms with Crippen LogP contribution in [0.15, 0.2) is 48.8 Å². The standard InChI is InChI=1S/C15H20N2O/c1-16(2)11-10-15(18)14(12-17(3)4)13-8-6-5-7-9-13/h5-12H,1-4H3/b11-10+,14-12+. The van der Waals surface area contributed by atoms with Crippen molar-refractivity contribution in [3.8, 4) is 0 Å². The van der Waals surface area contributed by atoms with Gasteiger partial charge in [-0.05, 0) is 5.56 Å². The van der Waals surface area contributed by atoms with E-state index in [0.29, 0.717) is 5.57 Å². The van der Waals surface area contributed by atoms with Crippen LogP contribution in [-0.4, -0.2) is 43.8 Å². The van der Waals surface area contributed by atoms with Crippen molar-refractivity contribution in [3.63, 3.8) is 0 Å². The first-order valence-corrected chi connectivity index (χ1v) is 5.83. The largest absolute Gasteiger partial charge is 0.383 e. The van der Waals surface area contributed by atoms with Crippen LogP contribution in [0.3, 0.4) is 0 Å². The van der Waals surface area contributed by atoms with Gasteiger partial charge in [0.2, 0.25) is 0 Å². The molecule has 1 aromatic carbocycles. The minimum absolute atomic E-state index is 0.00333. The molecule has 0 spiro atoms. The van der Waals surface area contributed by atoms with Crippen LogP contribution in [-0.2, 0) is 4.79 Å². The van der Waals surface area contributed by atoms with Crippen molar-refractivity contribution in [2.24, 2.45) is 0 Å². The summed E-state index contributed by atoms with van der Waals surface area (Å²) in [5.74, 6) is 0.00333. The van der Waals surface area contributed by atoms with E-state index in [-0.39, 0.29) is 5.78 Å². The maximum Gasteiger partial charge on any atom is 0.189 e. The second-order valence-corrected chi connectivity index (χ2v) is 4.52. The van der Waals surface area contributed by atoms with Crippen molar-refractivity contribution in [3.05, 3.63) is 54.4 Å². The molecule has 0 atom stereocenters. The van der Waals surface area contributed by atoms with E-state index in [2.05, 4.69) is 0 Å². The van der Waals surface area contributed by atoms with E-state index in [4.69, 9.17) is 0 Å². The summed E-state index contributed by atoms with van der Waals surface area (Å²) in [6.45, 7) is 0. The molecule has 0 radical (unpaired) electrons. The minimum Gasteiger partial charge on any atom is -0.383 e. The molecule has 3 nitrogen and oxygen atoms in total. The Morgan fingerprint density at radius 1 is 1.00 bits per heavy atom. The Bertz CT molecular complexity index is 445. The van der Waals surface area contributed by atoms with E-state index in [9.17, 15) is 4.79 Å². The Morgan fingerprint density at radius 2 is 1.61 bits per heavy atom. The highest BCUT2D eigenvalue weighted by atomic mass is 16.1. The normalized spacial score (nSPS) is 11.7. The van der Waals surface area contributed by atoms with E-state index in [0.717, 1.165) is 5.56 Å². The molecule has 0 saturated carbocycles. The average Bonchev–Trinajstić information content (AvgIpc) is 2.34. The van der Waals surface area contributed by atoms with Gasteiger partial charge in [-0.1, -0.05) is 30.3 Å². The molecule has 0 N–H and O–H groups in total. The van der Waals surface area contributed by atoms with Crippen LogP contribution in [0.1, 0.15) is 5.56 Å². The molecule has 0 amide bonds. The third-order valence-electron chi connectivity index (χ3n) is 2.26. The summed E-state index contributed by atoms with van der Waals surface area (Å²) in [6, 6.07) is 9.69. The minimum atomic E-state index is 0.00333. The molecule has 0 saturated heterocycles. The highest BCUT2D eigenvalue weighted by Crippen LogP contribution is 2.16.